The van der Waals surface area contributed by atoms with Crippen molar-refractivity contribution >= 4 is 11.9 Å². The van der Waals surface area contributed by atoms with Gasteiger partial charge in [0.15, 0.2) is 0 Å². The molecule has 2 unspecified atom stereocenters. The van der Waals surface area contributed by atoms with E-state index in [1.807, 2.05) is 13.8 Å². The summed E-state index contributed by atoms with van der Waals surface area (Å²) in [7, 11) is 0. The van der Waals surface area contributed by atoms with Crippen LogP contribution in [0.3, 0.4) is 0 Å². The minimum atomic E-state index is -1.14. The van der Waals surface area contributed by atoms with Gasteiger partial charge < -0.3 is 20.4 Å². The van der Waals surface area contributed by atoms with E-state index in [0.717, 1.165) is 0 Å². The van der Waals surface area contributed by atoms with Gasteiger partial charge in [-0.05, 0) is 38.5 Å². The Labute approximate surface area is 144 Å². The summed E-state index contributed by atoms with van der Waals surface area (Å²) in [6.07, 6.45) is 6.03. The quantitative estimate of drug-likeness (QED) is 0.339. The highest BCUT2D eigenvalue weighted by atomic mass is 16.4. The van der Waals surface area contributed by atoms with Crippen molar-refractivity contribution in [3.8, 4) is 0 Å². The van der Waals surface area contributed by atoms with Gasteiger partial charge in [-0.1, -0.05) is 39.5 Å². The molecule has 0 spiro atoms. The Morgan fingerprint density at radius 3 is 1.46 bits per heavy atom. The van der Waals surface area contributed by atoms with Gasteiger partial charge in [-0.2, -0.15) is 0 Å². The molecule has 0 aliphatic heterocycles. The van der Waals surface area contributed by atoms with E-state index in [-0.39, 0.29) is 18.4 Å². The number of rotatable bonds is 15. The van der Waals surface area contributed by atoms with Crippen LogP contribution in [-0.2, 0) is 9.59 Å². The van der Waals surface area contributed by atoms with E-state index in [9.17, 15) is 19.8 Å². The van der Waals surface area contributed by atoms with Crippen LogP contribution in [0.4, 0.5) is 0 Å². The Bertz CT molecular complexity index is 339. The van der Waals surface area contributed by atoms with Crippen molar-refractivity contribution in [2.75, 3.05) is 6.61 Å². The van der Waals surface area contributed by atoms with Crippen LogP contribution in [0, 0.1) is 11.8 Å². The first-order valence-corrected chi connectivity index (χ1v) is 9.08. The molecule has 0 fully saturated rings. The van der Waals surface area contributed by atoms with Crippen LogP contribution < -0.4 is 0 Å². The fourth-order valence-corrected chi connectivity index (χ4v) is 2.98. The molecule has 0 saturated carbocycles. The zero-order valence-electron chi connectivity index (χ0n) is 15.0. The summed E-state index contributed by atoms with van der Waals surface area (Å²) in [5.74, 6) is -2.24. The van der Waals surface area contributed by atoms with Crippen molar-refractivity contribution in [2.45, 2.75) is 83.7 Å². The highest BCUT2D eigenvalue weighted by Gasteiger charge is 2.25. The summed E-state index contributed by atoms with van der Waals surface area (Å²) in [6.45, 7) is 3.38. The molecule has 4 N–H and O–H groups in total. The number of carbonyl (C=O) groups is 2. The van der Waals surface area contributed by atoms with Crippen molar-refractivity contribution in [2.24, 2.45) is 11.8 Å². The van der Waals surface area contributed by atoms with Crippen LogP contribution in [0.5, 0.6) is 0 Å². The highest BCUT2D eigenvalue weighted by Crippen LogP contribution is 2.24. The van der Waals surface area contributed by atoms with E-state index in [0.29, 0.717) is 64.2 Å². The lowest BCUT2D eigenvalue weighted by atomic mass is 9.88. The summed E-state index contributed by atoms with van der Waals surface area (Å²) in [5.41, 5.74) is -1.14. The third kappa shape index (κ3) is 9.23. The fraction of sp³-hybridized carbons (Fsp3) is 0.889. The SMILES string of the molecule is CCC(CCCCC(O)(CO)CCCCC(CC)C(=O)O)C(=O)O. The minimum Gasteiger partial charge on any atom is -0.481 e. The molecule has 0 amide bonds. The van der Waals surface area contributed by atoms with E-state index >= 15 is 0 Å². The van der Waals surface area contributed by atoms with Crippen LogP contribution in [-0.4, -0.2) is 44.6 Å². The Hall–Kier alpha value is -1.14. The third-order valence-corrected chi connectivity index (χ3v) is 4.87. The predicted octanol–water partition coefficient (Wildman–Crippen LogP) is 3.05. The van der Waals surface area contributed by atoms with E-state index in [2.05, 4.69) is 0 Å². The molecular weight excluding hydrogens is 312 g/mol. The molecule has 2 atom stereocenters. The van der Waals surface area contributed by atoms with Gasteiger partial charge in [0, 0.05) is 0 Å². The van der Waals surface area contributed by atoms with E-state index in [4.69, 9.17) is 10.2 Å². The lowest BCUT2D eigenvalue weighted by molar-refractivity contribution is -0.143. The second-order valence-electron chi connectivity index (χ2n) is 6.76. The minimum absolute atomic E-state index is 0.320. The molecule has 0 aromatic carbocycles. The molecule has 0 rings (SSSR count). The normalized spacial score (nSPS) is 16.3. The Kier molecular flexibility index (Phi) is 11.7. The zero-order chi connectivity index (χ0) is 18.6. The number of unbranched alkanes of at least 4 members (excludes halogenated alkanes) is 2. The summed E-state index contributed by atoms with van der Waals surface area (Å²) in [4.78, 5) is 21.9. The number of hydrogen-bond acceptors (Lipinski definition) is 4. The molecule has 0 aliphatic carbocycles. The molecule has 0 aromatic heterocycles. The smallest absolute Gasteiger partial charge is 0.306 e. The molecule has 24 heavy (non-hydrogen) atoms. The van der Waals surface area contributed by atoms with Crippen LogP contribution in [0.2, 0.25) is 0 Å². The van der Waals surface area contributed by atoms with Crippen LogP contribution in [0.1, 0.15) is 78.1 Å². The van der Waals surface area contributed by atoms with Crippen molar-refractivity contribution in [1.29, 1.82) is 0 Å². The third-order valence-electron chi connectivity index (χ3n) is 4.87. The molecular formula is C18H34O6. The molecule has 6 heteroatoms. The number of carboxylic acid groups (broad SMARTS) is 2. The van der Waals surface area contributed by atoms with Gasteiger partial charge >= 0.3 is 11.9 Å². The maximum atomic E-state index is 10.9. The predicted molar refractivity (Wildman–Crippen MR) is 91.8 cm³/mol. The number of aliphatic hydroxyl groups is 2. The maximum Gasteiger partial charge on any atom is 0.306 e. The summed E-state index contributed by atoms with van der Waals surface area (Å²) in [6, 6.07) is 0. The second-order valence-corrected chi connectivity index (χ2v) is 6.76. The lowest BCUT2D eigenvalue weighted by Crippen LogP contribution is -2.33. The van der Waals surface area contributed by atoms with Gasteiger partial charge in [0.05, 0.1) is 24.0 Å². The van der Waals surface area contributed by atoms with Gasteiger partial charge in [-0.3, -0.25) is 9.59 Å². The molecule has 0 aliphatic rings. The molecule has 142 valence electrons. The first-order chi connectivity index (χ1) is 11.3. The first-order valence-electron chi connectivity index (χ1n) is 9.08. The van der Waals surface area contributed by atoms with Crippen molar-refractivity contribution in [3.63, 3.8) is 0 Å². The Morgan fingerprint density at radius 2 is 1.21 bits per heavy atom. The van der Waals surface area contributed by atoms with Gasteiger partial charge in [0.25, 0.3) is 0 Å². The maximum absolute atomic E-state index is 10.9. The molecule has 6 nitrogen and oxygen atoms in total. The van der Waals surface area contributed by atoms with Gasteiger partial charge in [-0.25, -0.2) is 0 Å². The van der Waals surface area contributed by atoms with E-state index in [1.165, 1.54) is 0 Å². The van der Waals surface area contributed by atoms with Crippen molar-refractivity contribution in [1.82, 2.24) is 0 Å². The number of aliphatic hydroxyl groups excluding tert-OH is 1. The van der Waals surface area contributed by atoms with Gasteiger partial charge in [0.2, 0.25) is 0 Å². The molecule has 0 saturated heterocycles. The van der Waals surface area contributed by atoms with E-state index in [1.54, 1.807) is 0 Å². The molecule has 0 heterocycles. The van der Waals surface area contributed by atoms with Gasteiger partial charge in [-0.15, -0.1) is 0 Å². The Balaban J connectivity index is 4.07. The fourth-order valence-electron chi connectivity index (χ4n) is 2.98. The molecule has 0 bridgehead atoms. The summed E-state index contributed by atoms with van der Waals surface area (Å²) >= 11 is 0. The lowest BCUT2D eigenvalue weighted by Gasteiger charge is -2.26. The van der Waals surface area contributed by atoms with Gasteiger partial charge in [0.1, 0.15) is 0 Å². The van der Waals surface area contributed by atoms with Crippen molar-refractivity contribution < 1.29 is 30.0 Å². The van der Waals surface area contributed by atoms with Crippen LogP contribution in [0.15, 0.2) is 0 Å². The van der Waals surface area contributed by atoms with E-state index < -0.39 is 17.5 Å². The first kappa shape index (κ1) is 22.9. The highest BCUT2D eigenvalue weighted by molar-refractivity contribution is 5.70. The second kappa shape index (κ2) is 12.3. The monoisotopic (exact) mass is 346 g/mol. The largest absolute Gasteiger partial charge is 0.481 e. The summed E-state index contributed by atoms with van der Waals surface area (Å²) < 4.78 is 0. The summed E-state index contributed by atoms with van der Waals surface area (Å²) in [5, 5.41) is 37.8. The topological polar surface area (TPSA) is 115 Å². The van der Waals surface area contributed by atoms with Crippen LogP contribution in [0.25, 0.3) is 0 Å². The average Bonchev–Trinajstić information content (AvgIpc) is 2.54. The molecule has 0 radical (unpaired) electrons. The van der Waals surface area contributed by atoms with Crippen molar-refractivity contribution in [3.05, 3.63) is 0 Å². The van der Waals surface area contributed by atoms with Crippen LogP contribution >= 0.6 is 0 Å². The number of carboxylic acids is 2. The number of aliphatic carboxylic acids is 2. The average molecular weight is 346 g/mol. The molecule has 0 aromatic rings. The number of hydrogen-bond donors (Lipinski definition) is 4. The Morgan fingerprint density at radius 1 is 0.833 bits per heavy atom. The zero-order valence-corrected chi connectivity index (χ0v) is 15.0. The standard InChI is InChI=1S/C18H34O6/c1-3-14(16(20)21)9-5-7-11-18(24,13-19)12-8-6-10-15(4-2)17(22)23/h14-15,19,24H,3-13H2,1-2H3,(H,20,21)(H,22,23).